The van der Waals surface area contributed by atoms with Crippen LogP contribution >= 0.6 is 15.9 Å². The molecule has 0 radical (unpaired) electrons. The van der Waals surface area contributed by atoms with Gasteiger partial charge in [0.25, 0.3) is 0 Å². The molecule has 0 saturated heterocycles. The molecule has 1 rings (SSSR count). The summed E-state index contributed by atoms with van der Waals surface area (Å²) in [5, 5.41) is 0.919. The Morgan fingerprint density at radius 2 is 2.06 bits per heavy atom. The number of halogens is 2. The molecular formula is C14H20BrF. The molecule has 0 spiro atoms. The van der Waals surface area contributed by atoms with Crippen LogP contribution in [0.25, 0.3) is 0 Å². The van der Waals surface area contributed by atoms with Crippen molar-refractivity contribution in [3.05, 3.63) is 35.6 Å². The largest absolute Gasteiger partial charge is 0.207 e. The summed E-state index contributed by atoms with van der Waals surface area (Å²) in [5.74, 6) is 0.324. The fourth-order valence-corrected chi connectivity index (χ4v) is 2.61. The summed E-state index contributed by atoms with van der Waals surface area (Å²) in [7, 11) is 0. The molecular weight excluding hydrogens is 267 g/mol. The van der Waals surface area contributed by atoms with Gasteiger partial charge in [-0.25, -0.2) is 4.39 Å². The predicted molar refractivity (Wildman–Crippen MR) is 71.7 cm³/mol. The average molecular weight is 287 g/mol. The van der Waals surface area contributed by atoms with E-state index in [1.807, 2.05) is 6.07 Å². The summed E-state index contributed by atoms with van der Waals surface area (Å²) in [6.07, 6.45) is 6.24. The van der Waals surface area contributed by atoms with Gasteiger partial charge in [-0.05, 0) is 30.0 Å². The maximum atomic E-state index is 13.1. The number of hydrogen-bond donors (Lipinski definition) is 0. The van der Waals surface area contributed by atoms with Crippen LogP contribution < -0.4 is 0 Å². The highest BCUT2D eigenvalue weighted by Crippen LogP contribution is 2.25. The smallest absolute Gasteiger partial charge is 0.123 e. The van der Waals surface area contributed by atoms with Crippen LogP contribution in [0.3, 0.4) is 0 Å². The zero-order valence-corrected chi connectivity index (χ0v) is 11.5. The van der Waals surface area contributed by atoms with E-state index in [9.17, 15) is 4.39 Å². The van der Waals surface area contributed by atoms with Gasteiger partial charge in [-0.2, -0.15) is 0 Å². The minimum atomic E-state index is -0.128. The van der Waals surface area contributed by atoms with Crippen molar-refractivity contribution in [2.75, 3.05) is 5.33 Å². The van der Waals surface area contributed by atoms with Gasteiger partial charge in [0.1, 0.15) is 5.82 Å². The Morgan fingerprint density at radius 3 is 2.69 bits per heavy atom. The molecule has 0 heterocycles. The normalized spacial score (nSPS) is 12.7. The van der Waals surface area contributed by atoms with Crippen molar-refractivity contribution >= 4 is 15.9 Å². The Morgan fingerprint density at radius 1 is 1.25 bits per heavy atom. The molecule has 0 amide bonds. The van der Waals surface area contributed by atoms with E-state index in [0.29, 0.717) is 5.92 Å². The van der Waals surface area contributed by atoms with Crippen LogP contribution in [0.1, 0.15) is 50.5 Å². The third-order valence-electron chi connectivity index (χ3n) is 2.91. The third-order valence-corrected chi connectivity index (χ3v) is 3.69. The molecule has 0 bridgehead atoms. The summed E-state index contributed by atoms with van der Waals surface area (Å²) in [5.41, 5.74) is 1.12. The lowest BCUT2D eigenvalue weighted by molar-refractivity contribution is 0.578. The van der Waals surface area contributed by atoms with Crippen molar-refractivity contribution in [1.29, 1.82) is 0 Å². The van der Waals surface area contributed by atoms with Gasteiger partial charge in [-0.15, -0.1) is 0 Å². The van der Waals surface area contributed by atoms with E-state index < -0.39 is 0 Å². The number of rotatable bonds is 7. The Labute approximate surface area is 106 Å². The predicted octanol–water partition coefficient (Wildman–Crippen LogP) is 5.27. The van der Waals surface area contributed by atoms with Crippen LogP contribution in [-0.4, -0.2) is 5.33 Å². The molecule has 0 aliphatic heterocycles. The van der Waals surface area contributed by atoms with Crippen LogP contribution in [-0.2, 0) is 0 Å². The van der Waals surface area contributed by atoms with Crippen molar-refractivity contribution < 1.29 is 4.39 Å². The van der Waals surface area contributed by atoms with Crippen molar-refractivity contribution in [2.45, 2.75) is 44.9 Å². The summed E-state index contributed by atoms with van der Waals surface area (Å²) < 4.78 is 13.1. The maximum absolute atomic E-state index is 13.1. The monoisotopic (exact) mass is 286 g/mol. The molecule has 0 fully saturated rings. The highest BCUT2D eigenvalue weighted by molar-refractivity contribution is 9.09. The fourth-order valence-electron chi connectivity index (χ4n) is 1.91. The summed E-state index contributed by atoms with van der Waals surface area (Å²) in [6.45, 7) is 2.22. The molecule has 1 unspecified atom stereocenters. The first-order chi connectivity index (χ1) is 7.77. The minimum Gasteiger partial charge on any atom is -0.207 e. The van der Waals surface area contributed by atoms with Crippen LogP contribution in [0.2, 0.25) is 0 Å². The van der Waals surface area contributed by atoms with E-state index in [0.717, 1.165) is 17.3 Å². The Bertz CT molecular complexity index is 299. The first kappa shape index (κ1) is 13.7. The first-order valence-electron chi connectivity index (χ1n) is 6.09. The second-order valence-corrected chi connectivity index (χ2v) is 4.90. The Balaban J connectivity index is 2.47. The quantitative estimate of drug-likeness (QED) is 0.473. The number of benzene rings is 1. The van der Waals surface area contributed by atoms with E-state index in [1.165, 1.54) is 31.7 Å². The van der Waals surface area contributed by atoms with Gasteiger partial charge in [-0.1, -0.05) is 60.7 Å². The number of alkyl halides is 1. The molecule has 90 valence electrons. The van der Waals surface area contributed by atoms with E-state index in [2.05, 4.69) is 22.9 Å². The standard InChI is InChI=1S/C14H20BrF/c1-2-3-4-5-7-13(11-15)12-8-6-9-14(16)10-12/h6,8-10,13H,2-5,7,11H2,1H3. The second kappa shape index (κ2) is 7.83. The molecule has 0 nitrogen and oxygen atoms in total. The van der Waals surface area contributed by atoms with Gasteiger partial charge in [0, 0.05) is 5.33 Å². The first-order valence-corrected chi connectivity index (χ1v) is 7.21. The van der Waals surface area contributed by atoms with Crippen LogP contribution in [0.5, 0.6) is 0 Å². The topological polar surface area (TPSA) is 0 Å². The Hall–Kier alpha value is -0.370. The highest BCUT2D eigenvalue weighted by atomic mass is 79.9. The molecule has 0 aromatic heterocycles. The zero-order valence-electron chi connectivity index (χ0n) is 9.89. The van der Waals surface area contributed by atoms with Crippen LogP contribution in [0.15, 0.2) is 24.3 Å². The fraction of sp³-hybridized carbons (Fsp3) is 0.571. The van der Waals surface area contributed by atoms with Gasteiger partial charge in [0.2, 0.25) is 0 Å². The molecule has 1 aromatic rings. The van der Waals surface area contributed by atoms with Crippen LogP contribution in [0, 0.1) is 5.82 Å². The lowest BCUT2D eigenvalue weighted by atomic mass is 9.95. The molecule has 0 N–H and O–H groups in total. The SMILES string of the molecule is CCCCCCC(CBr)c1cccc(F)c1. The summed E-state index contributed by atoms with van der Waals surface area (Å²) >= 11 is 3.52. The van der Waals surface area contributed by atoms with Crippen molar-refractivity contribution in [2.24, 2.45) is 0 Å². The molecule has 0 saturated carbocycles. The molecule has 1 atom stereocenters. The van der Waals surface area contributed by atoms with Crippen molar-refractivity contribution in [3.63, 3.8) is 0 Å². The molecule has 1 aromatic carbocycles. The Kier molecular flexibility index (Phi) is 6.70. The van der Waals surface area contributed by atoms with Gasteiger partial charge >= 0.3 is 0 Å². The van der Waals surface area contributed by atoms with E-state index in [1.54, 1.807) is 12.1 Å². The molecule has 2 heteroatoms. The lowest BCUT2D eigenvalue weighted by Gasteiger charge is -2.14. The van der Waals surface area contributed by atoms with Gasteiger partial charge in [0.05, 0.1) is 0 Å². The molecule has 16 heavy (non-hydrogen) atoms. The lowest BCUT2D eigenvalue weighted by Crippen LogP contribution is -2.00. The highest BCUT2D eigenvalue weighted by Gasteiger charge is 2.10. The third kappa shape index (κ3) is 4.65. The average Bonchev–Trinajstić information content (AvgIpc) is 2.29. The molecule has 0 aliphatic carbocycles. The zero-order chi connectivity index (χ0) is 11.8. The van der Waals surface area contributed by atoms with Crippen molar-refractivity contribution in [3.8, 4) is 0 Å². The second-order valence-electron chi connectivity index (χ2n) is 4.26. The summed E-state index contributed by atoms with van der Waals surface area (Å²) in [6, 6.07) is 6.98. The van der Waals surface area contributed by atoms with E-state index >= 15 is 0 Å². The maximum Gasteiger partial charge on any atom is 0.123 e. The van der Waals surface area contributed by atoms with E-state index in [4.69, 9.17) is 0 Å². The minimum absolute atomic E-state index is 0.128. The van der Waals surface area contributed by atoms with Gasteiger partial charge in [0.15, 0.2) is 0 Å². The van der Waals surface area contributed by atoms with Gasteiger partial charge in [-0.3, -0.25) is 0 Å². The van der Waals surface area contributed by atoms with Gasteiger partial charge < -0.3 is 0 Å². The van der Waals surface area contributed by atoms with Crippen LogP contribution in [0.4, 0.5) is 4.39 Å². The van der Waals surface area contributed by atoms with E-state index in [-0.39, 0.29) is 5.82 Å². The number of hydrogen-bond acceptors (Lipinski definition) is 0. The van der Waals surface area contributed by atoms with Crippen molar-refractivity contribution in [1.82, 2.24) is 0 Å². The number of unbranched alkanes of at least 4 members (excludes halogenated alkanes) is 3. The molecule has 0 aliphatic rings. The summed E-state index contributed by atoms with van der Waals surface area (Å²) in [4.78, 5) is 0.